The highest BCUT2D eigenvalue weighted by Gasteiger charge is 2.65. The van der Waals surface area contributed by atoms with Gasteiger partial charge in [0.2, 0.25) is 6.79 Å². The molecule has 1 aromatic rings. The van der Waals surface area contributed by atoms with E-state index in [9.17, 15) is 0 Å². The molecule has 5 atom stereocenters. The van der Waals surface area contributed by atoms with Gasteiger partial charge in [-0.15, -0.1) is 0 Å². The molecule has 1 saturated carbocycles. The topological polar surface area (TPSA) is 40.2 Å². The van der Waals surface area contributed by atoms with E-state index in [0.717, 1.165) is 36.4 Å². The Balaban J connectivity index is 1.65. The van der Waals surface area contributed by atoms with Crippen molar-refractivity contribution in [1.82, 2.24) is 4.90 Å². The summed E-state index contributed by atoms with van der Waals surface area (Å²) >= 11 is 0. The lowest BCUT2D eigenvalue weighted by Crippen LogP contribution is -2.57. The number of ether oxygens (including phenoxy) is 4. The fourth-order valence-electron chi connectivity index (χ4n) is 5.60. The van der Waals surface area contributed by atoms with Crippen molar-refractivity contribution in [2.24, 2.45) is 0 Å². The van der Waals surface area contributed by atoms with E-state index >= 15 is 0 Å². The number of nitrogens with zero attached hydrogens (tertiary/aromatic N) is 1. The van der Waals surface area contributed by atoms with E-state index in [1.165, 1.54) is 12.0 Å². The Morgan fingerprint density at radius 1 is 1.18 bits per heavy atom. The molecule has 5 nitrogen and oxygen atoms in total. The first-order chi connectivity index (χ1) is 10.8. The van der Waals surface area contributed by atoms with Crippen molar-refractivity contribution in [2.75, 3.05) is 20.4 Å². The molecular weight excluding hydrogens is 282 g/mol. The number of likely N-dealkylation sites (N-methyl/N-ethyl adjacent to an activating group) is 1. The van der Waals surface area contributed by atoms with Gasteiger partial charge in [-0.3, -0.25) is 0 Å². The second-order valence-electron chi connectivity index (χ2n) is 7.19. The van der Waals surface area contributed by atoms with Crippen LogP contribution in [0, 0.1) is 0 Å². The van der Waals surface area contributed by atoms with Gasteiger partial charge in [-0.1, -0.05) is 6.07 Å². The van der Waals surface area contributed by atoms with Gasteiger partial charge in [0, 0.05) is 11.5 Å². The van der Waals surface area contributed by atoms with Crippen molar-refractivity contribution >= 4 is 0 Å². The highest BCUT2D eigenvalue weighted by atomic mass is 16.7. The molecule has 0 N–H and O–H groups in total. The fraction of sp³-hybridized carbons (Fsp3) is 0.647. The van der Waals surface area contributed by atoms with Gasteiger partial charge in [0.25, 0.3) is 0 Å². The molecule has 1 spiro atoms. The smallest absolute Gasteiger partial charge is 0.231 e. The first-order valence-electron chi connectivity index (χ1n) is 8.23. The number of rotatable bonds is 0. The largest absolute Gasteiger partial charge is 0.454 e. The van der Waals surface area contributed by atoms with Crippen LogP contribution in [0.15, 0.2) is 12.1 Å². The van der Waals surface area contributed by atoms with Crippen LogP contribution in [-0.4, -0.2) is 43.5 Å². The monoisotopic (exact) mass is 301 g/mol. The summed E-state index contributed by atoms with van der Waals surface area (Å²) in [7, 11) is 2.24. The molecule has 3 fully saturated rings. The predicted molar refractivity (Wildman–Crippen MR) is 77.0 cm³/mol. The number of fused-ring (bicyclic) bond motifs is 5. The molecule has 6 rings (SSSR count). The minimum Gasteiger partial charge on any atom is -0.454 e. The summed E-state index contributed by atoms with van der Waals surface area (Å²) in [5.41, 5.74) is 2.53. The maximum Gasteiger partial charge on any atom is 0.231 e. The van der Waals surface area contributed by atoms with E-state index in [1.807, 2.05) is 0 Å². The van der Waals surface area contributed by atoms with E-state index in [4.69, 9.17) is 18.9 Å². The molecule has 116 valence electrons. The second kappa shape index (κ2) is 3.78. The van der Waals surface area contributed by atoms with Crippen LogP contribution < -0.4 is 9.47 Å². The van der Waals surface area contributed by atoms with Crippen LogP contribution in [-0.2, 0) is 14.9 Å². The maximum atomic E-state index is 6.38. The molecule has 4 heterocycles. The number of hydrogen-bond donors (Lipinski definition) is 0. The van der Waals surface area contributed by atoms with Crippen LogP contribution in [0.2, 0.25) is 0 Å². The zero-order valence-electron chi connectivity index (χ0n) is 12.6. The standard InChI is InChI=1S/C17H19NO4/c1-18-7-6-17-9-2-3-10-14(20-8-19-10)13(9)16-21-11(15(17)22-16)4-5-12(17)18/h2-3,11-12,15-16H,4-8H2,1H3/t11-,12-,15-,16+,17+/m1/s1. The first-order valence-corrected chi connectivity index (χ1v) is 8.23. The highest BCUT2D eigenvalue weighted by molar-refractivity contribution is 5.58. The molecule has 22 heavy (non-hydrogen) atoms. The van der Waals surface area contributed by atoms with E-state index in [1.54, 1.807) is 0 Å². The zero-order valence-corrected chi connectivity index (χ0v) is 12.6. The van der Waals surface area contributed by atoms with E-state index in [2.05, 4.69) is 24.1 Å². The summed E-state index contributed by atoms with van der Waals surface area (Å²) in [6.07, 6.45) is 3.54. The molecule has 4 aliphatic heterocycles. The normalized spacial score (nSPS) is 44.0. The van der Waals surface area contributed by atoms with Crippen molar-refractivity contribution in [3.8, 4) is 11.5 Å². The van der Waals surface area contributed by atoms with Crippen molar-refractivity contribution in [1.29, 1.82) is 0 Å². The van der Waals surface area contributed by atoms with E-state index in [0.29, 0.717) is 12.8 Å². The Hall–Kier alpha value is -1.30. The summed E-state index contributed by atoms with van der Waals surface area (Å²) in [6, 6.07) is 4.85. The minimum atomic E-state index is -0.281. The number of benzene rings is 1. The van der Waals surface area contributed by atoms with Crippen LogP contribution in [0.4, 0.5) is 0 Å². The molecule has 2 saturated heterocycles. The molecule has 2 bridgehead atoms. The van der Waals surface area contributed by atoms with Crippen molar-refractivity contribution in [3.05, 3.63) is 23.3 Å². The first kappa shape index (κ1) is 12.2. The van der Waals surface area contributed by atoms with Crippen LogP contribution in [0.25, 0.3) is 0 Å². The molecule has 0 radical (unpaired) electrons. The Kier molecular flexibility index (Phi) is 2.09. The zero-order chi connectivity index (χ0) is 14.5. The van der Waals surface area contributed by atoms with Gasteiger partial charge in [0.1, 0.15) is 0 Å². The van der Waals surface area contributed by atoms with Gasteiger partial charge in [-0.05, 0) is 44.5 Å². The quantitative estimate of drug-likeness (QED) is 0.732. The summed E-state index contributed by atoms with van der Waals surface area (Å²) in [4.78, 5) is 2.51. The molecule has 0 amide bonds. The maximum absolute atomic E-state index is 6.38. The van der Waals surface area contributed by atoms with Crippen molar-refractivity contribution < 1.29 is 18.9 Å². The van der Waals surface area contributed by atoms with Gasteiger partial charge in [-0.25, -0.2) is 0 Å². The van der Waals surface area contributed by atoms with Crippen LogP contribution in [0.3, 0.4) is 0 Å². The summed E-state index contributed by atoms with van der Waals surface area (Å²) < 4.78 is 24.0. The molecule has 0 unspecified atom stereocenters. The second-order valence-corrected chi connectivity index (χ2v) is 7.19. The number of likely N-dealkylation sites (tertiary alicyclic amines) is 1. The molecule has 5 heteroatoms. The number of hydrogen-bond acceptors (Lipinski definition) is 5. The Bertz CT molecular complexity index is 677. The van der Waals surface area contributed by atoms with Crippen LogP contribution in [0.1, 0.15) is 36.7 Å². The highest BCUT2D eigenvalue weighted by Crippen LogP contribution is 2.62. The average Bonchev–Trinajstić information content (AvgIpc) is 3.22. The van der Waals surface area contributed by atoms with E-state index < -0.39 is 0 Å². The summed E-state index contributed by atoms with van der Waals surface area (Å²) in [6.45, 7) is 1.41. The Morgan fingerprint density at radius 3 is 3.09 bits per heavy atom. The lowest BCUT2D eigenvalue weighted by atomic mass is 9.62. The van der Waals surface area contributed by atoms with Gasteiger partial charge >= 0.3 is 0 Å². The molecule has 0 aromatic heterocycles. The third kappa shape index (κ3) is 1.17. The van der Waals surface area contributed by atoms with E-state index in [-0.39, 0.29) is 23.9 Å². The third-order valence-corrected chi connectivity index (χ3v) is 6.46. The van der Waals surface area contributed by atoms with Crippen LogP contribution >= 0.6 is 0 Å². The van der Waals surface area contributed by atoms with Crippen LogP contribution in [0.5, 0.6) is 11.5 Å². The van der Waals surface area contributed by atoms with Gasteiger partial charge in [-0.2, -0.15) is 0 Å². The molecule has 5 aliphatic rings. The summed E-state index contributed by atoms with van der Waals surface area (Å²) in [5.74, 6) is 1.67. The molecular formula is C17H19NO4. The summed E-state index contributed by atoms with van der Waals surface area (Å²) in [5, 5.41) is 0. The predicted octanol–water partition coefficient (Wildman–Crippen LogP) is 1.95. The van der Waals surface area contributed by atoms with Gasteiger partial charge in [0.15, 0.2) is 17.8 Å². The minimum absolute atomic E-state index is 0.0565. The third-order valence-electron chi connectivity index (χ3n) is 6.46. The SMILES string of the molecule is CN1CC[C@@]23c4ccc5c(c4[C@@H]4O[C@@H]2[C@@H](CC[C@@H]13)O4)OCO5. The van der Waals surface area contributed by atoms with Gasteiger partial charge in [0.05, 0.1) is 17.8 Å². The fourth-order valence-corrected chi connectivity index (χ4v) is 5.60. The molecule has 1 aliphatic carbocycles. The van der Waals surface area contributed by atoms with Crippen molar-refractivity contribution in [3.63, 3.8) is 0 Å². The average molecular weight is 301 g/mol. The Labute approximate surface area is 129 Å². The lowest BCUT2D eigenvalue weighted by Gasteiger charge is -2.48. The molecule has 1 aromatic carbocycles. The van der Waals surface area contributed by atoms with Gasteiger partial charge < -0.3 is 23.8 Å². The Morgan fingerprint density at radius 2 is 2.14 bits per heavy atom. The van der Waals surface area contributed by atoms with Crippen molar-refractivity contribution in [2.45, 2.75) is 49.2 Å². The lowest BCUT2D eigenvalue weighted by molar-refractivity contribution is -0.0925.